The van der Waals surface area contributed by atoms with Crippen molar-refractivity contribution < 1.29 is 13.2 Å². The normalized spacial score (nSPS) is 11.2. The van der Waals surface area contributed by atoms with Crippen LogP contribution in [0.3, 0.4) is 0 Å². The van der Waals surface area contributed by atoms with Gasteiger partial charge in [-0.2, -0.15) is 18.4 Å². The lowest BCUT2D eigenvalue weighted by Gasteiger charge is -2.16. The lowest BCUT2D eigenvalue weighted by Crippen LogP contribution is -2.08. The van der Waals surface area contributed by atoms with E-state index in [1.807, 2.05) is 0 Å². The second-order valence-corrected chi connectivity index (χ2v) is 4.71. The Morgan fingerprint density at radius 2 is 1.85 bits per heavy atom. The molecule has 0 aliphatic carbocycles. The molecule has 0 heterocycles. The molecular formula is C15H9ClF3N. The second kappa shape index (κ2) is 5.18. The van der Waals surface area contributed by atoms with Gasteiger partial charge in [-0.1, -0.05) is 29.8 Å². The van der Waals surface area contributed by atoms with E-state index in [1.54, 1.807) is 31.2 Å². The molecule has 0 saturated carbocycles. The van der Waals surface area contributed by atoms with Crippen molar-refractivity contribution >= 4 is 11.6 Å². The van der Waals surface area contributed by atoms with Gasteiger partial charge in [-0.05, 0) is 36.2 Å². The van der Waals surface area contributed by atoms with Gasteiger partial charge in [-0.15, -0.1) is 0 Å². The molecule has 20 heavy (non-hydrogen) atoms. The molecule has 0 spiro atoms. The van der Waals surface area contributed by atoms with Crippen molar-refractivity contribution in [1.82, 2.24) is 0 Å². The number of halogens is 4. The van der Waals surface area contributed by atoms with E-state index in [2.05, 4.69) is 0 Å². The van der Waals surface area contributed by atoms with Gasteiger partial charge < -0.3 is 0 Å². The molecule has 1 nitrogen and oxygen atoms in total. The molecule has 2 aromatic rings. The van der Waals surface area contributed by atoms with Gasteiger partial charge in [0.1, 0.15) is 0 Å². The van der Waals surface area contributed by atoms with Gasteiger partial charge >= 0.3 is 6.18 Å². The summed E-state index contributed by atoms with van der Waals surface area (Å²) in [6.07, 6.45) is -4.55. The fourth-order valence-corrected chi connectivity index (χ4v) is 2.36. The monoisotopic (exact) mass is 295 g/mol. The minimum absolute atomic E-state index is 0.0143. The SMILES string of the molecule is Cc1cccc(Cl)c1-c1ccc(C#N)cc1C(F)(F)F. The highest BCUT2D eigenvalue weighted by Crippen LogP contribution is 2.41. The van der Waals surface area contributed by atoms with E-state index in [4.69, 9.17) is 16.9 Å². The zero-order valence-corrected chi connectivity index (χ0v) is 11.2. The van der Waals surface area contributed by atoms with Gasteiger partial charge in [0.2, 0.25) is 0 Å². The Morgan fingerprint density at radius 3 is 2.40 bits per heavy atom. The fraction of sp³-hybridized carbons (Fsp3) is 0.133. The van der Waals surface area contributed by atoms with Crippen LogP contribution in [0.15, 0.2) is 36.4 Å². The maximum Gasteiger partial charge on any atom is 0.417 e. The summed E-state index contributed by atoms with van der Waals surface area (Å²) in [6.45, 7) is 1.69. The Balaban J connectivity index is 2.79. The zero-order valence-electron chi connectivity index (χ0n) is 10.4. The zero-order chi connectivity index (χ0) is 14.9. The summed E-state index contributed by atoms with van der Waals surface area (Å²) in [6, 6.07) is 10.1. The molecule has 0 aromatic heterocycles. The standard InChI is InChI=1S/C15H9ClF3N/c1-9-3-2-4-13(16)14(9)11-6-5-10(8-20)7-12(11)15(17,18)19/h2-7H,1H3. The van der Waals surface area contributed by atoms with E-state index in [0.717, 1.165) is 6.07 Å². The van der Waals surface area contributed by atoms with E-state index < -0.39 is 11.7 Å². The molecule has 2 rings (SSSR count). The highest BCUT2D eigenvalue weighted by Gasteiger charge is 2.34. The lowest BCUT2D eigenvalue weighted by atomic mass is 9.94. The van der Waals surface area contributed by atoms with Crippen molar-refractivity contribution in [1.29, 1.82) is 5.26 Å². The van der Waals surface area contributed by atoms with Crippen LogP contribution in [0.25, 0.3) is 11.1 Å². The van der Waals surface area contributed by atoms with Gasteiger partial charge in [0.25, 0.3) is 0 Å². The average molecular weight is 296 g/mol. The van der Waals surface area contributed by atoms with Crippen molar-refractivity contribution in [2.24, 2.45) is 0 Å². The average Bonchev–Trinajstić information content (AvgIpc) is 2.37. The molecule has 0 N–H and O–H groups in total. The summed E-state index contributed by atoms with van der Waals surface area (Å²) >= 11 is 6.03. The molecule has 0 aliphatic heterocycles. The van der Waals surface area contributed by atoms with Crippen LogP contribution in [-0.2, 0) is 6.18 Å². The summed E-state index contributed by atoms with van der Waals surface area (Å²) in [5.74, 6) is 0. The number of rotatable bonds is 1. The van der Waals surface area contributed by atoms with E-state index in [1.165, 1.54) is 12.1 Å². The third-order valence-corrected chi connectivity index (χ3v) is 3.26. The van der Waals surface area contributed by atoms with Crippen molar-refractivity contribution in [3.8, 4) is 17.2 Å². The van der Waals surface area contributed by atoms with Crippen molar-refractivity contribution in [3.05, 3.63) is 58.1 Å². The minimum atomic E-state index is -4.55. The molecule has 102 valence electrons. The number of benzene rings is 2. The Hall–Kier alpha value is -1.99. The number of nitriles is 1. The molecule has 0 saturated heterocycles. The Labute approximate surface area is 119 Å². The predicted octanol–water partition coefficient (Wildman–Crippen LogP) is 5.21. The van der Waals surface area contributed by atoms with Gasteiger partial charge in [-0.3, -0.25) is 0 Å². The van der Waals surface area contributed by atoms with Crippen LogP contribution in [0, 0.1) is 18.3 Å². The number of aryl methyl sites for hydroxylation is 1. The first-order chi connectivity index (χ1) is 9.34. The highest BCUT2D eigenvalue weighted by atomic mass is 35.5. The number of nitrogens with zero attached hydrogens (tertiary/aromatic N) is 1. The van der Waals surface area contributed by atoms with Crippen LogP contribution in [0.5, 0.6) is 0 Å². The highest BCUT2D eigenvalue weighted by molar-refractivity contribution is 6.33. The topological polar surface area (TPSA) is 23.8 Å². The summed E-state index contributed by atoms with van der Waals surface area (Å²) < 4.78 is 39.5. The molecule has 0 fully saturated rings. The second-order valence-electron chi connectivity index (χ2n) is 4.30. The summed E-state index contributed by atoms with van der Waals surface area (Å²) in [5.41, 5.74) is 0.0804. The van der Waals surface area contributed by atoms with Crippen LogP contribution in [0.1, 0.15) is 16.7 Å². The molecule has 0 bridgehead atoms. The van der Waals surface area contributed by atoms with Crippen LogP contribution in [0.2, 0.25) is 5.02 Å². The molecule has 2 aromatic carbocycles. The van der Waals surface area contributed by atoms with Crippen molar-refractivity contribution in [2.45, 2.75) is 13.1 Å². The maximum atomic E-state index is 13.2. The number of alkyl halides is 3. The van der Waals surface area contributed by atoms with Crippen LogP contribution in [0.4, 0.5) is 13.2 Å². The van der Waals surface area contributed by atoms with E-state index in [0.29, 0.717) is 11.1 Å². The number of hydrogen-bond acceptors (Lipinski definition) is 1. The number of hydrogen-bond donors (Lipinski definition) is 0. The first-order valence-corrected chi connectivity index (χ1v) is 6.09. The van der Waals surface area contributed by atoms with Gasteiger partial charge in [0.15, 0.2) is 0 Å². The van der Waals surface area contributed by atoms with Crippen molar-refractivity contribution in [2.75, 3.05) is 0 Å². The fourth-order valence-electron chi connectivity index (χ4n) is 2.04. The minimum Gasteiger partial charge on any atom is -0.192 e. The van der Waals surface area contributed by atoms with Crippen LogP contribution in [-0.4, -0.2) is 0 Å². The van der Waals surface area contributed by atoms with E-state index in [-0.39, 0.29) is 16.1 Å². The molecule has 0 amide bonds. The largest absolute Gasteiger partial charge is 0.417 e. The van der Waals surface area contributed by atoms with Gasteiger partial charge in [-0.25, -0.2) is 0 Å². The van der Waals surface area contributed by atoms with Gasteiger partial charge in [0, 0.05) is 10.6 Å². The third-order valence-electron chi connectivity index (χ3n) is 2.95. The summed E-state index contributed by atoms with van der Waals surface area (Å²) in [4.78, 5) is 0. The lowest BCUT2D eigenvalue weighted by molar-refractivity contribution is -0.137. The Kier molecular flexibility index (Phi) is 3.74. The first kappa shape index (κ1) is 14.4. The maximum absolute atomic E-state index is 13.2. The Morgan fingerprint density at radius 1 is 1.15 bits per heavy atom. The predicted molar refractivity (Wildman–Crippen MR) is 71.3 cm³/mol. The molecule has 0 unspecified atom stereocenters. The van der Waals surface area contributed by atoms with Crippen molar-refractivity contribution in [3.63, 3.8) is 0 Å². The third kappa shape index (κ3) is 2.63. The molecule has 0 radical (unpaired) electrons. The summed E-state index contributed by atoms with van der Waals surface area (Å²) in [5, 5.41) is 9.01. The first-order valence-electron chi connectivity index (χ1n) is 5.71. The molecule has 0 atom stereocenters. The van der Waals surface area contributed by atoms with Crippen LogP contribution < -0.4 is 0 Å². The van der Waals surface area contributed by atoms with Crippen LogP contribution >= 0.6 is 11.6 Å². The molecule has 5 heteroatoms. The van der Waals surface area contributed by atoms with Gasteiger partial charge in [0.05, 0.1) is 17.2 Å². The smallest absolute Gasteiger partial charge is 0.192 e. The van der Waals surface area contributed by atoms with E-state index in [9.17, 15) is 13.2 Å². The molecule has 0 aliphatic rings. The quantitative estimate of drug-likeness (QED) is 0.709. The molecular weight excluding hydrogens is 287 g/mol. The van der Waals surface area contributed by atoms with E-state index >= 15 is 0 Å². The summed E-state index contributed by atoms with van der Waals surface area (Å²) in [7, 11) is 0. The Bertz CT molecular complexity index is 679.